The van der Waals surface area contributed by atoms with Crippen LogP contribution in [0.3, 0.4) is 0 Å². The smallest absolute Gasteiger partial charge is 0.0910 e. The van der Waals surface area contributed by atoms with Gasteiger partial charge < -0.3 is 5.11 Å². The van der Waals surface area contributed by atoms with Crippen molar-refractivity contribution in [1.29, 1.82) is 0 Å². The van der Waals surface area contributed by atoms with Crippen LogP contribution in [-0.2, 0) is 5.60 Å². The van der Waals surface area contributed by atoms with Crippen LogP contribution in [0.5, 0.6) is 0 Å². The highest BCUT2D eigenvalue weighted by atomic mass is 79.9. The van der Waals surface area contributed by atoms with Gasteiger partial charge in [0.25, 0.3) is 0 Å². The zero-order valence-electron chi connectivity index (χ0n) is 7.30. The molecule has 0 saturated carbocycles. The first-order valence-electron chi connectivity index (χ1n) is 4.08. The van der Waals surface area contributed by atoms with Gasteiger partial charge in [0.1, 0.15) is 0 Å². The van der Waals surface area contributed by atoms with E-state index in [2.05, 4.69) is 15.9 Å². The maximum absolute atomic E-state index is 10.1. The molecule has 12 heavy (non-hydrogen) atoms. The topological polar surface area (TPSA) is 20.2 Å². The summed E-state index contributed by atoms with van der Waals surface area (Å²) in [5.41, 5.74) is 0.385. The number of hydrogen-bond donors (Lipinski definition) is 1. The first-order chi connectivity index (χ1) is 5.64. The van der Waals surface area contributed by atoms with Crippen molar-refractivity contribution in [2.24, 2.45) is 0 Å². The van der Waals surface area contributed by atoms with E-state index in [0.717, 1.165) is 22.9 Å². The largest absolute Gasteiger partial charge is 0.385 e. The third-order valence-corrected chi connectivity index (χ3v) is 3.99. The second kappa shape index (κ2) is 3.90. The molecule has 1 aromatic rings. The predicted molar refractivity (Wildman–Crippen MR) is 56.5 cm³/mol. The summed E-state index contributed by atoms with van der Waals surface area (Å²) in [6, 6.07) is 0. The summed E-state index contributed by atoms with van der Waals surface area (Å²) in [7, 11) is 0. The van der Waals surface area contributed by atoms with Crippen LogP contribution in [0.25, 0.3) is 0 Å². The molecule has 3 heteroatoms. The van der Waals surface area contributed by atoms with E-state index in [1.54, 1.807) is 11.3 Å². The van der Waals surface area contributed by atoms with Crippen LogP contribution in [0.4, 0.5) is 0 Å². The molecular weight excluding hydrogens is 236 g/mol. The Labute approximate surface area is 85.6 Å². The molecule has 0 unspecified atom stereocenters. The fraction of sp³-hybridized carbons (Fsp3) is 0.556. The normalized spacial score (nSPS) is 12.0. The number of aliphatic hydroxyl groups is 1. The molecule has 68 valence electrons. The molecule has 0 aliphatic rings. The standard InChI is InChI=1S/C9H13BrOS/c1-3-9(11,4-2)7-5-12-6-8(7)10/h5-6,11H,3-4H2,1-2H3. The van der Waals surface area contributed by atoms with Gasteiger partial charge in [0.05, 0.1) is 5.60 Å². The first-order valence-corrected chi connectivity index (χ1v) is 5.82. The lowest BCUT2D eigenvalue weighted by Crippen LogP contribution is -2.22. The average Bonchev–Trinajstić information content (AvgIpc) is 2.51. The van der Waals surface area contributed by atoms with Crippen molar-refractivity contribution in [2.75, 3.05) is 0 Å². The third-order valence-electron chi connectivity index (χ3n) is 2.29. The van der Waals surface area contributed by atoms with Gasteiger partial charge in [-0.2, -0.15) is 11.3 Å². The van der Waals surface area contributed by atoms with Gasteiger partial charge in [-0.1, -0.05) is 13.8 Å². The predicted octanol–water partition coefficient (Wildman–Crippen LogP) is 3.52. The molecule has 1 nitrogen and oxygen atoms in total. The van der Waals surface area contributed by atoms with E-state index in [-0.39, 0.29) is 0 Å². The molecule has 0 atom stereocenters. The second-order valence-electron chi connectivity index (χ2n) is 2.87. The van der Waals surface area contributed by atoms with Gasteiger partial charge >= 0.3 is 0 Å². The summed E-state index contributed by atoms with van der Waals surface area (Å²) >= 11 is 5.05. The molecule has 0 aliphatic carbocycles. The summed E-state index contributed by atoms with van der Waals surface area (Å²) in [4.78, 5) is 0. The molecule has 0 aliphatic heterocycles. The zero-order valence-corrected chi connectivity index (χ0v) is 9.70. The van der Waals surface area contributed by atoms with Crippen LogP contribution in [0.1, 0.15) is 32.3 Å². The van der Waals surface area contributed by atoms with E-state index < -0.39 is 5.60 Å². The van der Waals surface area contributed by atoms with Crippen LogP contribution in [-0.4, -0.2) is 5.11 Å². The number of thiophene rings is 1. The zero-order chi connectivity index (χ0) is 9.19. The van der Waals surface area contributed by atoms with Crippen LogP contribution in [0.15, 0.2) is 15.2 Å². The second-order valence-corrected chi connectivity index (χ2v) is 4.47. The minimum atomic E-state index is -0.640. The first kappa shape index (κ1) is 10.2. The Morgan fingerprint density at radius 1 is 1.42 bits per heavy atom. The molecule has 0 amide bonds. The Balaban J connectivity index is 3.02. The molecule has 0 bridgehead atoms. The fourth-order valence-corrected chi connectivity index (χ4v) is 3.00. The number of rotatable bonds is 3. The third kappa shape index (κ3) is 1.73. The van der Waals surface area contributed by atoms with Gasteiger partial charge in [0, 0.05) is 15.4 Å². The van der Waals surface area contributed by atoms with E-state index in [1.807, 2.05) is 24.6 Å². The van der Waals surface area contributed by atoms with Crippen molar-refractivity contribution in [1.82, 2.24) is 0 Å². The Morgan fingerprint density at radius 2 is 2.00 bits per heavy atom. The molecule has 0 spiro atoms. The molecule has 1 aromatic heterocycles. The summed E-state index contributed by atoms with van der Waals surface area (Å²) in [5.74, 6) is 0. The van der Waals surface area contributed by atoms with E-state index in [0.29, 0.717) is 0 Å². The molecule has 0 aromatic carbocycles. The summed E-state index contributed by atoms with van der Waals surface area (Å²) in [6.45, 7) is 4.02. The Hall–Kier alpha value is 0.140. The van der Waals surface area contributed by atoms with Gasteiger partial charge in [-0.05, 0) is 34.2 Å². The van der Waals surface area contributed by atoms with E-state index >= 15 is 0 Å². The van der Waals surface area contributed by atoms with Crippen LogP contribution in [0.2, 0.25) is 0 Å². The average molecular weight is 249 g/mol. The Kier molecular flexibility index (Phi) is 3.32. The molecule has 0 saturated heterocycles. The van der Waals surface area contributed by atoms with Gasteiger partial charge in [-0.15, -0.1) is 0 Å². The highest BCUT2D eigenvalue weighted by molar-refractivity contribution is 9.10. The van der Waals surface area contributed by atoms with Crippen molar-refractivity contribution in [2.45, 2.75) is 32.3 Å². The fourth-order valence-electron chi connectivity index (χ4n) is 1.24. The van der Waals surface area contributed by atoms with Crippen molar-refractivity contribution in [3.05, 3.63) is 20.8 Å². The monoisotopic (exact) mass is 248 g/mol. The molecule has 0 fully saturated rings. The van der Waals surface area contributed by atoms with Crippen LogP contribution < -0.4 is 0 Å². The molecule has 1 rings (SSSR count). The maximum atomic E-state index is 10.1. The minimum absolute atomic E-state index is 0.640. The lowest BCUT2D eigenvalue weighted by atomic mass is 9.91. The van der Waals surface area contributed by atoms with Gasteiger partial charge in [-0.3, -0.25) is 0 Å². The Bertz CT molecular complexity index is 253. The van der Waals surface area contributed by atoms with E-state index in [1.165, 1.54) is 0 Å². The van der Waals surface area contributed by atoms with Crippen molar-refractivity contribution >= 4 is 27.3 Å². The minimum Gasteiger partial charge on any atom is -0.385 e. The van der Waals surface area contributed by atoms with Crippen LogP contribution >= 0.6 is 27.3 Å². The van der Waals surface area contributed by atoms with Crippen molar-refractivity contribution in [3.63, 3.8) is 0 Å². The SMILES string of the molecule is CCC(O)(CC)c1cscc1Br. The summed E-state index contributed by atoms with van der Waals surface area (Å²) in [6.07, 6.45) is 1.53. The summed E-state index contributed by atoms with van der Waals surface area (Å²) in [5, 5.41) is 14.2. The van der Waals surface area contributed by atoms with Crippen LogP contribution in [0, 0.1) is 0 Å². The molecular formula is C9H13BrOS. The lowest BCUT2D eigenvalue weighted by molar-refractivity contribution is 0.0281. The maximum Gasteiger partial charge on any atom is 0.0910 e. The van der Waals surface area contributed by atoms with Gasteiger partial charge in [0.2, 0.25) is 0 Å². The van der Waals surface area contributed by atoms with Crippen molar-refractivity contribution in [3.8, 4) is 0 Å². The van der Waals surface area contributed by atoms with Gasteiger partial charge in [0.15, 0.2) is 0 Å². The van der Waals surface area contributed by atoms with Gasteiger partial charge in [-0.25, -0.2) is 0 Å². The van der Waals surface area contributed by atoms with E-state index in [4.69, 9.17) is 0 Å². The van der Waals surface area contributed by atoms with E-state index in [9.17, 15) is 5.11 Å². The quantitative estimate of drug-likeness (QED) is 0.868. The lowest BCUT2D eigenvalue weighted by Gasteiger charge is -2.24. The summed E-state index contributed by atoms with van der Waals surface area (Å²) < 4.78 is 1.03. The molecule has 0 radical (unpaired) electrons. The highest BCUT2D eigenvalue weighted by Gasteiger charge is 2.27. The molecule has 1 N–H and O–H groups in total. The number of hydrogen-bond acceptors (Lipinski definition) is 2. The highest BCUT2D eigenvalue weighted by Crippen LogP contribution is 2.35. The number of halogens is 1. The van der Waals surface area contributed by atoms with Crippen molar-refractivity contribution < 1.29 is 5.11 Å². The Morgan fingerprint density at radius 3 is 2.33 bits per heavy atom. The molecule has 1 heterocycles.